The smallest absolute Gasteiger partial charge is 0.254 e. The molecule has 3 rings (SSSR count). The number of carbonyl (C=O) groups is 1. The van der Waals surface area contributed by atoms with Crippen molar-refractivity contribution in [3.63, 3.8) is 0 Å². The first-order valence-electron chi connectivity index (χ1n) is 9.82. The summed E-state index contributed by atoms with van der Waals surface area (Å²) in [6.45, 7) is 4.12. The van der Waals surface area contributed by atoms with Gasteiger partial charge in [0.25, 0.3) is 5.91 Å². The van der Waals surface area contributed by atoms with E-state index >= 15 is 0 Å². The van der Waals surface area contributed by atoms with E-state index in [0.717, 1.165) is 12.2 Å². The molecule has 2 N–H and O–H groups in total. The summed E-state index contributed by atoms with van der Waals surface area (Å²) in [5.74, 6) is -0.0375. The summed E-state index contributed by atoms with van der Waals surface area (Å²) in [6.07, 6.45) is 9.57. The fourth-order valence-corrected chi connectivity index (χ4v) is 3.62. The molecule has 1 saturated carbocycles. The maximum absolute atomic E-state index is 12.4. The van der Waals surface area contributed by atoms with Crippen molar-refractivity contribution in [3.8, 4) is 0 Å². The van der Waals surface area contributed by atoms with E-state index in [4.69, 9.17) is 0 Å². The van der Waals surface area contributed by atoms with Crippen LogP contribution in [0.15, 0.2) is 36.5 Å². The lowest BCUT2D eigenvalue weighted by Crippen LogP contribution is -2.37. The van der Waals surface area contributed by atoms with Gasteiger partial charge < -0.3 is 10.6 Å². The van der Waals surface area contributed by atoms with E-state index in [0.29, 0.717) is 24.7 Å². The minimum Gasteiger partial charge on any atom is -0.351 e. The second kappa shape index (κ2) is 9.53. The van der Waals surface area contributed by atoms with Gasteiger partial charge in [0.15, 0.2) is 0 Å². The molecule has 0 aliphatic heterocycles. The summed E-state index contributed by atoms with van der Waals surface area (Å²) in [5.41, 5.74) is 2.75. The van der Waals surface area contributed by atoms with Gasteiger partial charge in [0.2, 0.25) is 0 Å². The molecule has 1 aromatic heterocycles. The summed E-state index contributed by atoms with van der Waals surface area (Å²) in [6, 6.07) is 10.8. The molecular weight excluding hydrogens is 324 g/mol. The van der Waals surface area contributed by atoms with E-state index in [2.05, 4.69) is 27.9 Å². The Morgan fingerprint density at radius 3 is 2.58 bits per heavy atom. The molecule has 0 radical (unpaired) electrons. The van der Waals surface area contributed by atoms with Crippen LogP contribution in [0.1, 0.15) is 60.1 Å². The fourth-order valence-electron chi connectivity index (χ4n) is 3.62. The van der Waals surface area contributed by atoms with Crippen molar-refractivity contribution in [2.45, 2.75) is 58.0 Å². The fraction of sp³-hybridized carbons (Fsp3) is 0.524. The summed E-state index contributed by atoms with van der Waals surface area (Å²) < 4.78 is 1.88. The number of rotatable bonds is 7. The highest BCUT2D eigenvalue weighted by atomic mass is 16.1. The number of nitrogens with zero attached hydrogens (tertiary/aromatic N) is 2. The molecule has 1 amide bonds. The maximum Gasteiger partial charge on any atom is 0.254 e. The van der Waals surface area contributed by atoms with Crippen LogP contribution < -0.4 is 10.6 Å². The highest BCUT2D eigenvalue weighted by Gasteiger charge is 2.15. The van der Waals surface area contributed by atoms with Crippen molar-refractivity contribution in [2.75, 3.05) is 13.1 Å². The van der Waals surface area contributed by atoms with Gasteiger partial charge in [-0.1, -0.05) is 56.0 Å². The molecule has 2 aromatic rings. The van der Waals surface area contributed by atoms with Crippen molar-refractivity contribution < 1.29 is 4.79 Å². The largest absolute Gasteiger partial charge is 0.351 e. The van der Waals surface area contributed by atoms with Gasteiger partial charge in [0.05, 0.1) is 18.3 Å². The molecule has 140 valence electrons. The van der Waals surface area contributed by atoms with Crippen molar-refractivity contribution in [1.29, 1.82) is 0 Å². The first-order chi connectivity index (χ1) is 12.7. The van der Waals surface area contributed by atoms with Crippen molar-refractivity contribution in [3.05, 3.63) is 53.3 Å². The monoisotopic (exact) mass is 354 g/mol. The number of hydrogen-bond donors (Lipinski definition) is 2. The van der Waals surface area contributed by atoms with E-state index in [1.54, 1.807) is 6.20 Å². The Hall–Kier alpha value is -2.14. The maximum atomic E-state index is 12.4. The molecule has 5 nitrogen and oxygen atoms in total. The van der Waals surface area contributed by atoms with Crippen LogP contribution in [0.25, 0.3) is 0 Å². The van der Waals surface area contributed by atoms with Crippen molar-refractivity contribution in [2.24, 2.45) is 0 Å². The molecule has 1 aliphatic rings. The quantitative estimate of drug-likeness (QED) is 0.592. The number of benzene rings is 1. The Morgan fingerprint density at radius 1 is 1.12 bits per heavy atom. The van der Waals surface area contributed by atoms with Crippen LogP contribution in [-0.2, 0) is 6.54 Å². The van der Waals surface area contributed by atoms with E-state index < -0.39 is 0 Å². The minimum absolute atomic E-state index is 0.0375. The Balaban J connectivity index is 1.46. The standard InChI is InChI=1S/C21H30N4O/c1-17-20(15-24-25(17)16-18-9-5-4-6-10-18)21(26)23-14-13-22-19-11-7-2-3-8-12-19/h4-6,9-10,15,19,22H,2-3,7-8,11-14,16H2,1H3,(H,23,26). The predicted molar refractivity (Wildman–Crippen MR) is 104 cm³/mol. The molecule has 1 heterocycles. The molecule has 0 spiro atoms. The van der Waals surface area contributed by atoms with E-state index in [9.17, 15) is 4.79 Å². The summed E-state index contributed by atoms with van der Waals surface area (Å²) >= 11 is 0. The Kier molecular flexibility index (Phi) is 6.83. The zero-order chi connectivity index (χ0) is 18.2. The van der Waals surface area contributed by atoms with Gasteiger partial charge in [0, 0.05) is 24.8 Å². The highest BCUT2D eigenvalue weighted by Crippen LogP contribution is 2.16. The van der Waals surface area contributed by atoms with E-state index in [-0.39, 0.29) is 5.91 Å². The van der Waals surface area contributed by atoms with Crippen LogP contribution in [0.2, 0.25) is 0 Å². The minimum atomic E-state index is -0.0375. The van der Waals surface area contributed by atoms with Gasteiger partial charge in [-0.2, -0.15) is 5.10 Å². The normalized spacial score (nSPS) is 15.6. The van der Waals surface area contributed by atoms with Gasteiger partial charge in [-0.25, -0.2) is 0 Å². The molecule has 1 aliphatic carbocycles. The number of aromatic nitrogens is 2. The lowest BCUT2D eigenvalue weighted by molar-refractivity contribution is 0.0952. The number of carbonyl (C=O) groups excluding carboxylic acids is 1. The molecule has 0 saturated heterocycles. The second-order valence-electron chi connectivity index (χ2n) is 7.19. The van der Waals surface area contributed by atoms with Gasteiger partial charge in [-0.05, 0) is 25.3 Å². The topological polar surface area (TPSA) is 59.0 Å². The summed E-state index contributed by atoms with van der Waals surface area (Å²) in [4.78, 5) is 12.4. The first-order valence-corrected chi connectivity index (χ1v) is 9.82. The Bertz CT molecular complexity index is 687. The van der Waals surface area contributed by atoms with Gasteiger partial charge in [-0.15, -0.1) is 0 Å². The Morgan fingerprint density at radius 2 is 1.85 bits per heavy atom. The molecule has 0 atom stereocenters. The van der Waals surface area contributed by atoms with Crippen LogP contribution in [0.4, 0.5) is 0 Å². The Labute approximate surface area is 156 Å². The molecule has 26 heavy (non-hydrogen) atoms. The number of nitrogens with one attached hydrogen (secondary N) is 2. The zero-order valence-corrected chi connectivity index (χ0v) is 15.7. The number of amides is 1. The van der Waals surface area contributed by atoms with Gasteiger partial charge in [-0.3, -0.25) is 9.48 Å². The summed E-state index contributed by atoms with van der Waals surface area (Å²) in [5, 5.41) is 11.0. The summed E-state index contributed by atoms with van der Waals surface area (Å²) in [7, 11) is 0. The molecule has 0 bridgehead atoms. The molecule has 0 unspecified atom stereocenters. The average Bonchev–Trinajstić information content (AvgIpc) is 2.86. The van der Waals surface area contributed by atoms with Crippen LogP contribution in [-0.4, -0.2) is 34.8 Å². The van der Waals surface area contributed by atoms with Crippen LogP contribution in [0.3, 0.4) is 0 Å². The average molecular weight is 354 g/mol. The van der Waals surface area contributed by atoms with E-state index in [1.165, 1.54) is 44.1 Å². The molecular formula is C21H30N4O. The zero-order valence-electron chi connectivity index (χ0n) is 15.7. The van der Waals surface area contributed by atoms with Crippen LogP contribution in [0, 0.1) is 6.92 Å². The molecule has 1 aromatic carbocycles. The van der Waals surface area contributed by atoms with Crippen molar-refractivity contribution >= 4 is 5.91 Å². The third kappa shape index (κ3) is 5.18. The third-order valence-electron chi connectivity index (χ3n) is 5.22. The second-order valence-corrected chi connectivity index (χ2v) is 7.19. The molecule has 5 heteroatoms. The van der Waals surface area contributed by atoms with Gasteiger partial charge >= 0.3 is 0 Å². The SMILES string of the molecule is Cc1c(C(=O)NCCNC2CCCCCC2)cnn1Cc1ccccc1. The van der Waals surface area contributed by atoms with Crippen molar-refractivity contribution in [1.82, 2.24) is 20.4 Å². The lowest BCUT2D eigenvalue weighted by Gasteiger charge is -2.16. The predicted octanol–water partition coefficient (Wildman–Crippen LogP) is 3.28. The highest BCUT2D eigenvalue weighted by molar-refractivity contribution is 5.95. The third-order valence-corrected chi connectivity index (χ3v) is 5.22. The van der Waals surface area contributed by atoms with Gasteiger partial charge in [0.1, 0.15) is 0 Å². The van der Waals surface area contributed by atoms with E-state index in [1.807, 2.05) is 29.8 Å². The van der Waals surface area contributed by atoms with Crippen LogP contribution in [0.5, 0.6) is 0 Å². The number of hydrogen-bond acceptors (Lipinski definition) is 3. The van der Waals surface area contributed by atoms with Crippen LogP contribution >= 0.6 is 0 Å². The first kappa shape index (κ1) is 18.6. The molecule has 1 fully saturated rings. The lowest BCUT2D eigenvalue weighted by atomic mass is 10.1.